The Morgan fingerprint density at radius 1 is 1.19 bits per heavy atom. The molecule has 0 aromatic carbocycles. The fraction of sp³-hybridized carbons (Fsp3) is 0.593. The van der Waals surface area contributed by atoms with E-state index in [0.29, 0.717) is 49.3 Å². The van der Waals surface area contributed by atoms with Gasteiger partial charge in [-0.3, -0.25) is 9.59 Å². The summed E-state index contributed by atoms with van der Waals surface area (Å²) in [5.41, 5.74) is 12.9. The van der Waals surface area contributed by atoms with Crippen molar-refractivity contribution in [1.29, 1.82) is 5.41 Å². The topological polar surface area (TPSA) is 157 Å². The van der Waals surface area contributed by atoms with E-state index >= 15 is 0 Å². The number of ether oxygens (including phenoxy) is 1. The van der Waals surface area contributed by atoms with Gasteiger partial charge in [0.25, 0.3) is 0 Å². The number of carbonyl (C=O) groups is 2. The second kappa shape index (κ2) is 12.3. The van der Waals surface area contributed by atoms with Crippen LogP contribution >= 0.6 is 0 Å². The maximum absolute atomic E-state index is 13.6. The van der Waals surface area contributed by atoms with Crippen LogP contribution in [0.1, 0.15) is 83.2 Å². The fourth-order valence-electron chi connectivity index (χ4n) is 5.14. The zero-order chi connectivity index (χ0) is 26.3. The Morgan fingerprint density at radius 3 is 2.64 bits per heavy atom. The molecule has 1 heterocycles. The van der Waals surface area contributed by atoms with Gasteiger partial charge in [0, 0.05) is 24.3 Å². The first-order valence-electron chi connectivity index (χ1n) is 13.0. The van der Waals surface area contributed by atoms with Gasteiger partial charge in [-0.1, -0.05) is 13.3 Å². The monoisotopic (exact) mass is 496 g/mol. The summed E-state index contributed by atoms with van der Waals surface area (Å²) in [5.74, 6) is 0.591. The molecular formula is C27H40N6O3. The first kappa shape index (κ1) is 27.5. The third kappa shape index (κ3) is 6.00. The number of ketones is 2. The Bertz CT molecular complexity index is 1050. The number of Topliss-reactive ketones (excluding diaryl/α,β-unsaturated/α-hetero) is 2. The van der Waals surface area contributed by atoms with Gasteiger partial charge in [-0.2, -0.15) is 4.98 Å². The van der Waals surface area contributed by atoms with Crippen LogP contribution in [0.25, 0.3) is 11.4 Å². The maximum Gasteiger partial charge on any atom is 0.217 e. The van der Waals surface area contributed by atoms with Crippen LogP contribution < -0.4 is 21.5 Å². The van der Waals surface area contributed by atoms with Gasteiger partial charge in [-0.15, -0.1) is 0 Å². The molecule has 196 valence electrons. The first-order chi connectivity index (χ1) is 17.2. The number of aromatic nitrogens is 2. The molecule has 0 radical (unpaired) electrons. The number of hydrogen-bond acceptors (Lipinski definition) is 9. The van der Waals surface area contributed by atoms with Crippen LogP contribution in [0.5, 0.6) is 5.88 Å². The zero-order valence-corrected chi connectivity index (χ0v) is 21.7. The summed E-state index contributed by atoms with van der Waals surface area (Å²) in [6.45, 7) is 5.06. The lowest BCUT2D eigenvalue weighted by Crippen LogP contribution is -2.45. The highest BCUT2D eigenvalue weighted by Crippen LogP contribution is 2.45. The van der Waals surface area contributed by atoms with Gasteiger partial charge in [0.1, 0.15) is 11.9 Å². The van der Waals surface area contributed by atoms with Crippen molar-refractivity contribution < 1.29 is 14.3 Å². The van der Waals surface area contributed by atoms with Crippen molar-refractivity contribution in [3.8, 4) is 5.88 Å². The van der Waals surface area contributed by atoms with Gasteiger partial charge in [-0.05, 0) is 77.5 Å². The Labute approximate surface area is 213 Å². The van der Waals surface area contributed by atoms with Crippen LogP contribution in [0.4, 0.5) is 0 Å². The molecule has 2 saturated carbocycles. The molecule has 0 saturated heterocycles. The standard InChI is InChI=1S/C27H40N6O3/c1-17(8-7-15-31-3)18(2)36-23-16-21(20(29)11-14-28)32-26(33-23)24(30)19-9-6-13-27(25(19)35)12-5-4-10-22(27)34/h11,14,16-18,28,31H,4-10,12-13,15,29-30H2,1-3H3/t17-,18-,27+/m0/s1. The third-order valence-corrected chi connectivity index (χ3v) is 7.55. The van der Waals surface area contributed by atoms with E-state index in [0.717, 1.165) is 38.4 Å². The SMILES string of the molecule is CNCCC[C@H](C)[C@H](C)Oc1cc(C(N)=CC=N)nc(C(N)=C2CCC[C@@]3(CCCCC3=O)C2=O)n1. The molecule has 2 aliphatic carbocycles. The van der Waals surface area contributed by atoms with Gasteiger partial charge < -0.3 is 26.9 Å². The van der Waals surface area contributed by atoms with Crippen molar-refractivity contribution in [2.45, 2.75) is 77.7 Å². The van der Waals surface area contributed by atoms with Crippen molar-refractivity contribution in [3.63, 3.8) is 0 Å². The van der Waals surface area contributed by atoms with E-state index in [1.165, 1.54) is 6.08 Å². The molecule has 9 nitrogen and oxygen atoms in total. The molecule has 0 bridgehead atoms. The lowest BCUT2D eigenvalue weighted by atomic mass is 9.62. The highest BCUT2D eigenvalue weighted by molar-refractivity contribution is 6.17. The molecule has 2 fully saturated rings. The molecule has 2 aliphatic rings. The summed E-state index contributed by atoms with van der Waals surface area (Å²) in [5, 5.41) is 10.5. The van der Waals surface area contributed by atoms with E-state index in [1.807, 2.05) is 14.0 Å². The summed E-state index contributed by atoms with van der Waals surface area (Å²) in [6, 6.07) is 1.63. The Hall–Kier alpha value is -3.07. The summed E-state index contributed by atoms with van der Waals surface area (Å²) in [6.07, 6.45) is 8.88. The minimum atomic E-state index is -0.955. The molecule has 1 aromatic heterocycles. The van der Waals surface area contributed by atoms with Gasteiger partial charge in [-0.25, -0.2) is 4.98 Å². The average molecular weight is 497 g/mol. The minimum absolute atomic E-state index is 0.0293. The molecule has 9 heteroatoms. The predicted octanol–water partition coefficient (Wildman–Crippen LogP) is 3.38. The minimum Gasteiger partial charge on any atom is -0.474 e. The Balaban J connectivity index is 1.97. The van der Waals surface area contributed by atoms with E-state index in [2.05, 4.69) is 22.2 Å². The summed E-state index contributed by atoms with van der Waals surface area (Å²) < 4.78 is 6.18. The van der Waals surface area contributed by atoms with Crippen LogP contribution in [0.2, 0.25) is 0 Å². The largest absolute Gasteiger partial charge is 0.474 e. The van der Waals surface area contributed by atoms with Crippen molar-refractivity contribution >= 4 is 29.2 Å². The van der Waals surface area contributed by atoms with Crippen molar-refractivity contribution in [1.82, 2.24) is 15.3 Å². The average Bonchev–Trinajstić information content (AvgIpc) is 2.87. The Morgan fingerprint density at radius 2 is 1.94 bits per heavy atom. The summed E-state index contributed by atoms with van der Waals surface area (Å²) >= 11 is 0. The number of nitrogens with two attached hydrogens (primary N) is 2. The molecule has 3 atom stereocenters. The highest BCUT2D eigenvalue weighted by Gasteiger charge is 2.49. The second-order valence-corrected chi connectivity index (χ2v) is 10.0. The molecule has 0 amide bonds. The Kier molecular flexibility index (Phi) is 9.37. The number of nitrogens with one attached hydrogen (secondary N) is 2. The van der Waals surface area contributed by atoms with Crippen molar-refractivity contribution in [2.24, 2.45) is 22.8 Å². The number of nitrogens with zero attached hydrogens (tertiary/aromatic N) is 2. The molecular weight excluding hydrogens is 456 g/mol. The second-order valence-electron chi connectivity index (χ2n) is 10.0. The van der Waals surface area contributed by atoms with Crippen LogP contribution in [0.3, 0.4) is 0 Å². The molecule has 6 N–H and O–H groups in total. The lowest BCUT2D eigenvalue weighted by Gasteiger charge is -2.38. The van der Waals surface area contributed by atoms with Crippen LogP contribution in [-0.2, 0) is 9.59 Å². The number of allylic oxidation sites excluding steroid dienone is 2. The van der Waals surface area contributed by atoms with E-state index in [1.54, 1.807) is 6.07 Å². The predicted molar refractivity (Wildman–Crippen MR) is 141 cm³/mol. The number of carbonyl (C=O) groups excluding carboxylic acids is 2. The molecule has 3 rings (SSSR count). The van der Waals surface area contributed by atoms with Gasteiger partial charge in [0.15, 0.2) is 11.6 Å². The summed E-state index contributed by atoms with van der Waals surface area (Å²) in [7, 11) is 1.93. The summed E-state index contributed by atoms with van der Waals surface area (Å²) in [4.78, 5) is 35.5. The lowest BCUT2D eigenvalue weighted by molar-refractivity contribution is -0.143. The highest BCUT2D eigenvalue weighted by atomic mass is 16.5. The van der Waals surface area contributed by atoms with Crippen molar-refractivity contribution in [2.75, 3.05) is 13.6 Å². The van der Waals surface area contributed by atoms with Crippen molar-refractivity contribution in [3.05, 3.63) is 29.2 Å². The fourth-order valence-corrected chi connectivity index (χ4v) is 5.14. The molecule has 0 unspecified atom stereocenters. The van der Waals surface area contributed by atoms with Gasteiger partial charge in [0.2, 0.25) is 5.88 Å². The van der Waals surface area contributed by atoms with E-state index in [-0.39, 0.29) is 40.8 Å². The van der Waals surface area contributed by atoms with E-state index < -0.39 is 5.41 Å². The molecule has 36 heavy (non-hydrogen) atoms. The van der Waals surface area contributed by atoms with Crippen LogP contribution in [0.15, 0.2) is 17.7 Å². The van der Waals surface area contributed by atoms with Crippen LogP contribution in [0, 0.1) is 16.7 Å². The number of rotatable bonds is 10. The van der Waals surface area contributed by atoms with Crippen LogP contribution in [-0.4, -0.2) is 47.4 Å². The normalized spacial score (nSPS) is 23.9. The van der Waals surface area contributed by atoms with E-state index in [9.17, 15) is 9.59 Å². The smallest absolute Gasteiger partial charge is 0.217 e. The third-order valence-electron chi connectivity index (χ3n) is 7.55. The van der Waals surface area contributed by atoms with E-state index in [4.69, 9.17) is 21.6 Å². The molecule has 1 aromatic rings. The first-order valence-corrected chi connectivity index (χ1v) is 13.0. The molecule has 0 aliphatic heterocycles. The quantitative estimate of drug-likeness (QED) is 0.166. The number of hydrogen-bond donors (Lipinski definition) is 4. The van der Waals surface area contributed by atoms with Gasteiger partial charge in [0.05, 0.1) is 22.5 Å². The zero-order valence-electron chi connectivity index (χ0n) is 21.7. The molecule has 1 spiro atoms. The maximum atomic E-state index is 13.6. The van der Waals surface area contributed by atoms with Gasteiger partial charge >= 0.3 is 0 Å².